The zero-order valence-corrected chi connectivity index (χ0v) is 15.1. The van der Waals surface area contributed by atoms with Crippen LogP contribution in [0.2, 0.25) is 0 Å². The number of hydrogen-bond donors (Lipinski definition) is 1. The van der Waals surface area contributed by atoms with Gasteiger partial charge in [0.2, 0.25) is 0 Å². The van der Waals surface area contributed by atoms with E-state index in [1.807, 2.05) is 26.8 Å². The van der Waals surface area contributed by atoms with E-state index < -0.39 is 6.10 Å². The van der Waals surface area contributed by atoms with E-state index in [4.69, 9.17) is 9.47 Å². The first-order chi connectivity index (χ1) is 11.9. The molecule has 0 aliphatic rings. The van der Waals surface area contributed by atoms with Gasteiger partial charge >= 0.3 is 0 Å². The van der Waals surface area contributed by atoms with Crippen LogP contribution in [0.1, 0.15) is 23.6 Å². The molecule has 0 fully saturated rings. The number of amides is 1. The molecule has 1 amide bonds. The van der Waals surface area contributed by atoms with Crippen molar-refractivity contribution in [1.82, 2.24) is 5.32 Å². The fourth-order valence-electron chi connectivity index (χ4n) is 2.38. The van der Waals surface area contributed by atoms with Gasteiger partial charge in [-0.05, 0) is 74.7 Å². The lowest BCUT2D eigenvalue weighted by Crippen LogP contribution is -2.38. The molecule has 0 aliphatic carbocycles. The van der Waals surface area contributed by atoms with Crippen molar-refractivity contribution in [3.05, 3.63) is 58.9 Å². The highest BCUT2D eigenvalue weighted by atomic mass is 19.1. The second-order valence-electron chi connectivity index (χ2n) is 6.06. The van der Waals surface area contributed by atoms with Gasteiger partial charge in [-0.2, -0.15) is 0 Å². The van der Waals surface area contributed by atoms with Gasteiger partial charge in [0.05, 0.1) is 6.54 Å². The molecule has 0 radical (unpaired) electrons. The monoisotopic (exact) mass is 345 g/mol. The summed E-state index contributed by atoms with van der Waals surface area (Å²) in [6, 6.07) is 9.77. The first kappa shape index (κ1) is 18.8. The van der Waals surface area contributed by atoms with Crippen molar-refractivity contribution in [3.63, 3.8) is 0 Å². The fourth-order valence-corrected chi connectivity index (χ4v) is 2.38. The Labute approximate surface area is 148 Å². The molecule has 0 unspecified atom stereocenters. The van der Waals surface area contributed by atoms with Crippen LogP contribution in [0.3, 0.4) is 0 Å². The molecule has 0 aromatic heterocycles. The number of aryl methyl sites for hydroxylation is 2. The number of carbonyl (C=O) groups excluding carboxylic acids is 1. The Hall–Kier alpha value is -2.56. The summed E-state index contributed by atoms with van der Waals surface area (Å²) in [6.45, 7) is 8.35. The lowest BCUT2D eigenvalue weighted by atomic mass is 10.1. The molecule has 1 N–H and O–H groups in total. The summed E-state index contributed by atoms with van der Waals surface area (Å²) in [5.41, 5.74) is 3.26. The molecule has 2 aromatic rings. The Morgan fingerprint density at radius 2 is 1.84 bits per heavy atom. The minimum absolute atomic E-state index is 0.207. The van der Waals surface area contributed by atoms with Gasteiger partial charge in [0.15, 0.2) is 6.10 Å². The molecular weight excluding hydrogens is 321 g/mol. The largest absolute Gasteiger partial charge is 0.492 e. The van der Waals surface area contributed by atoms with E-state index >= 15 is 0 Å². The van der Waals surface area contributed by atoms with Gasteiger partial charge in [-0.3, -0.25) is 4.79 Å². The third-order valence-electron chi connectivity index (χ3n) is 3.92. The summed E-state index contributed by atoms with van der Waals surface area (Å²) in [5.74, 6) is 0.767. The molecule has 5 heteroatoms. The summed E-state index contributed by atoms with van der Waals surface area (Å²) in [6.07, 6.45) is -0.606. The Balaban J connectivity index is 1.79. The summed E-state index contributed by atoms with van der Waals surface area (Å²) in [4.78, 5) is 12.1. The topological polar surface area (TPSA) is 47.6 Å². The van der Waals surface area contributed by atoms with Crippen LogP contribution in [0, 0.1) is 26.6 Å². The van der Waals surface area contributed by atoms with E-state index in [0.717, 1.165) is 22.4 Å². The van der Waals surface area contributed by atoms with Gasteiger partial charge < -0.3 is 14.8 Å². The third kappa shape index (κ3) is 5.48. The van der Waals surface area contributed by atoms with Crippen molar-refractivity contribution in [1.29, 1.82) is 0 Å². The van der Waals surface area contributed by atoms with Gasteiger partial charge in [-0.15, -0.1) is 0 Å². The average molecular weight is 345 g/mol. The van der Waals surface area contributed by atoms with Crippen LogP contribution >= 0.6 is 0 Å². The molecular formula is C20H24FNO3. The Kier molecular flexibility index (Phi) is 6.39. The first-order valence-electron chi connectivity index (χ1n) is 8.27. The van der Waals surface area contributed by atoms with Crippen LogP contribution in [0.5, 0.6) is 11.5 Å². The average Bonchev–Trinajstić information content (AvgIpc) is 2.57. The summed E-state index contributed by atoms with van der Waals surface area (Å²) >= 11 is 0. The molecule has 2 aromatic carbocycles. The zero-order valence-electron chi connectivity index (χ0n) is 15.1. The molecule has 0 saturated carbocycles. The van der Waals surface area contributed by atoms with Gasteiger partial charge in [0, 0.05) is 0 Å². The molecule has 0 spiro atoms. The fraction of sp³-hybridized carbons (Fsp3) is 0.350. The van der Waals surface area contributed by atoms with E-state index in [1.165, 1.54) is 12.1 Å². The smallest absolute Gasteiger partial charge is 0.260 e. The molecule has 0 heterocycles. The Bertz CT molecular complexity index is 728. The van der Waals surface area contributed by atoms with E-state index in [1.54, 1.807) is 19.1 Å². The van der Waals surface area contributed by atoms with Crippen LogP contribution in [-0.2, 0) is 4.79 Å². The molecule has 0 bridgehead atoms. The molecule has 1 atom stereocenters. The second kappa shape index (κ2) is 8.51. The minimum Gasteiger partial charge on any atom is -0.492 e. The Morgan fingerprint density at radius 3 is 2.52 bits per heavy atom. The maximum absolute atomic E-state index is 12.8. The molecule has 4 nitrogen and oxygen atoms in total. The molecule has 134 valence electrons. The molecule has 0 aliphatic heterocycles. The summed E-state index contributed by atoms with van der Waals surface area (Å²) < 4.78 is 24.0. The molecule has 0 saturated heterocycles. The van der Waals surface area contributed by atoms with Crippen molar-refractivity contribution in [2.45, 2.75) is 33.8 Å². The van der Waals surface area contributed by atoms with Gasteiger partial charge in [-0.1, -0.05) is 6.07 Å². The van der Waals surface area contributed by atoms with Crippen molar-refractivity contribution in [3.8, 4) is 11.5 Å². The highest BCUT2D eigenvalue weighted by molar-refractivity contribution is 5.80. The number of hydrogen-bond acceptors (Lipinski definition) is 3. The van der Waals surface area contributed by atoms with E-state index in [2.05, 4.69) is 11.4 Å². The Morgan fingerprint density at radius 1 is 1.16 bits per heavy atom. The zero-order chi connectivity index (χ0) is 18.4. The van der Waals surface area contributed by atoms with Gasteiger partial charge in [0.25, 0.3) is 5.91 Å². The van der Waals surface area contributed by atoms with E-state index in [-0.39, 0.29) is 11.7 Å². The number of halogens is 1. The predicted octanol–water partition coefficient (Wildman–Crippen LogP) is 3.71. The van der Waals surface area contributed by atoms with Crippen molar-refractivity contribution >= 4 is 5.91 Å². The maximum atomic E-state index is 12.8. The van der Waals surface area contributed by atoms with Crippen LogP contribution < -0.4 is 14.8 Å². The molecule has 25 heavy (non-hydrogen) atoms. The standard InChI is InChI=1S/C20H24FNO3/c1-13-11-14(2)15(3)19(12-13)25-16(4)20(23)22-9-10-24-18-7-5-17(21)6-8-18/h5-8,11-12,16H,9-10H2,1-4H3,(H,22,23)/t16-/m0/s1. The predicted molar refractivity (Wildman–Crippen MR) is 95.6 cm³/mol. The summed E-state index contributed by atoms with van der Waals surface area (Å²) in [5, 5.41) is 2.77. The maximum Gasteiger partial charge on any atom is 0.260 e. The minimum atomic E-state index is -0.606. The first-order valence-corrected chi connectivity index (χ1v) is 8.27. The highest BCUT2D eigenvalue weighted by Gasteiger charge is 2.16. The van der Waals surface area contributed by atoms with Crippen LogP contribution in [0.25, 0.3) is 0 Å². The van der Waals surface area contributed by atoms with E-state index in [0.29, 0.717) is 18.9 Å². The van der Waals surface area contributed by atoms with Crippen LogP contribution in [-0.4, -0.2) is 25.2 Å². The normalized spacial score (nSPS) is 11.7. The quantitative estimate of drug-likeness (QED) is 0.778. The number of carbonyl (C=O) groups is 1. The number of ether oxygens (including phenoxy) is 2. The lowest BCUT2D eigenvalue weighted by Gasteiger charge is -2.18. The molecule has 2 rings (SSSR count). The third-order valence-corrected chi connectivity index (χ3v) is 3.92. The summed E-state index contributed by atoms with van der Waals surface area (Å²) in [7, 11) is 0. The van der Waals surface area contributed by atoms with Gasteiger partial charge in [-0.25, -0.2) is 4.39 Å². The van der Waals surface area contributed by atoms with Crippen LogP contribution in [0.4, 0.5) is 4.39 Å². The van der Waals surface area contributed by atoms with Crippen molar-refractivity contribution < 1.29 is 18.7 Å². The SMILES string of the molecule is Cc1cc(C)c(C)c(O[C@@H](C)C(=O)NCCOc2ccc(F)cc2)c1. The number of benzene rings is 2. The van der Waals surface area contributed by atoms with Crippen LogP contribution in [0.15, 0.2) is 36.4 Å². The van der Waals surface area contributed by atoms with E-state index in [9.17, 15) is 9.18 Å². The van der Waals surface area contributed by atoms with Crippen molar-refractivity contribution in [2.75, 3.05) is 13.2 Å². The second-order valence-corrected chi connectivity index (χ2v) is 6.06. The number of nitrogens with one attached hydrogen (secondary N) is 1. The van der Waals surface area contributed by atoms with Gasteiger partial charge in [0.1, 0.15) is 23.9 Å². The van der Waals surface area contributed by atoms with Crippen molar-refractivity contribution in [2.24, 2.45) is 0 Å². The lowest BCUT2D eigenvalue weighted by molar-refractivity contribution is -0.127. The highest BCUT2D eigenvalue weighted by Crippen LogP contribution is 2.24. The number of rotatable bonds is 7.